The van der Waals surface area contributed by atoms with Crippen molar-refractivity contribution in [1.29, 1.82) is 0 Å². The molecular formula is C22H21N5O2. The Morgan fingerprint density at radius 3 is 2.72 bits per heavy atom. The molecule has 7 nitrogen and oxygen atoms in total. The van der Waals surface area contributed by atoms with Crippen molar-refractivity contribution >= 4 is 29.2 Å². The maximum Gasteiger partial charge on any atom is 0.339 e. The predicted molar refractivity (Wildman–Crippen MR) is 114 cm³/mol. The third kappa shape index (κ3) is 3.50. The number of carbonyl (C=O) groups is 1. The molecule has 0 spiro atoms. The number of aromatic amines is 1. The second kappa shape index (κ2) is 7.63. The molecule has 4 rings (SSSR count). The average Bonchev–Trinajstić information content (AvgIpc) is 3.27. The number of nitrogens with one attached hydrogen (secondary N) is 2. The lowest BCUT2D eigenvalue weighted by Crippen LogP contribution is -2.09. The van der Waals surface area contributed by atoms with Crippen LogP contribution in [0.3, 0.4) is 0 Å². The van der Waals surface area contributed by atoms with Crippen molar-refractivity contribution in [2.45, 2.75) is 13.8 Å². The second-order valence-electron chi connectivity index (χ2n) is 6.64. The number of para-hydroxylation sites is 3. The van der Waals surface area contributed by atoms with Crippen molar-refractivity contribution in [2.75, 3.05) is 12.5 Å². The summed E-state index contributed by atoms with van der Waals surface area (Å²) in [5.74, 6) is 0.210. The summed E-state index contributed by atoms with van der Waals surface area (Å²) >= 11 is 0. The maximum absolute atomic E-state index is 12.2. The minimum absolute atomic E-state index is 0.366. The molecule has 0 aliphatic rings. The molecule has 0 atom stereocenters. The van der Waals surface area contributed by atoms with Gasteiger partial charge in [-0.3, -0.25) is 0 Å². The minimum Gasteiger partial charge on any atom is -0.465 e. The van der Waals surface area contributed by atoms with E-state index in [9.17, 15) is 4.79 Å². The van der Waals surface area contributed by atoms with E-state index in [1.807, 2.05) is 66.9 Å². The van der Waals surface area contributed by atoms with Gasteiger partial charge in [0.25, 0.3) is 0 Å². The highest BCUT2D eigenvalue weighted by Crippen LogP contribution is 2.23. The molecule has 0 saturated heterocycles. The van der Waals surface area contributed by atoms with Crippen molar-refractivity contribution in [2.24, 2.45) is 5.10 Å². The molecule has 2 heterocycles. The van der Waals surface area contributed by atoms with Crippen molar-refractivity contribution in [1.82, 2.24) is 14.5 Å². The van der Waals surface area contributed by atoms with E-state index in [1.54, 1.807) is 12.3 Å². The van der Waals surface area contributed by atoms with Gasteiger partial charge in [0.05, 0.1) is 35.6 Å². The zero-order chi connectivity index (χ0) is 20.4. The van der Waals surface area contributed by atoms with Gasteiger partial charge in [0.2, 0.25) is 5.95 Å². The zero-order valence-corrected chi connectivity index (χ0v) is 16.4. The molecule has 0 amide bonds. The number of rotatable bonds is 5. The van der Waals surface area contributed by atoms with Crippen LogP contribution >= 0.6 is 0 Å². The Hall–Kier alpha value is -3.87. The van der Waals surface area contributed by atoms with Crippen molar-refractivity contribution < 1.29 is 9.53 Å². The fraction of sp³-hybridized carbons (Fsp3) is 0.136. The highest BCUT2D eigenvalue weighted by atomic mass is 16.5. The first-order valence-corrected chi connectivity index (χ1v) is 9.19. The number of methoxy groups -OCH3 is 1. The molecule has 0 bridgehead atoms. The van der Waals surface area contributed by atoms with Crippen LogP contribution in [0.1, 0.15) is 27.3 Å². The summed E-state index contributed by atoms with van der Waals surface area (Å²) in [7, 11) is 1.39. The van der Waals surface area contributed by atoms with Crippen LogP contribution in [0.2, 0.25) is 0 Å². The Labute approximate surface area is 168 Å². The van der Waals surface area contributed by atoms with Crippen LogP contribution in [0.25, 0.3) is 16.7 Å². The molecular weight excluding hydrogens is 366 g/mol. The summed E-state index contributed by atoms with van der Waals surface area (Å²) in [6, 6.07) is 17.2. The number of nitrogens with zero attached hydrogens (tertiary/aromatic N) is 3. The monoisotopic (exact) mass is 387 g/mol. The van der Waals surface area contributed by atoms with E-state index >= 15 is 0 Å². The Kier molecular flexibility index (Phi) is 4.87. The number of anilines is 1. The standard InChI is InChI=1S/C22H21N5O2/c1-14-12-16(13-23-26-22-24-18-9-5-6-10-19(18)25-22)15(2)27(14)20-11-7-4-8-17(20)21(28)29-3/h4-13H,1-3H3,(H2,24,25,26)/b23-13-. The van der Waals surface area contributed by atoms with Gasteiger partial charge in [0.15, 0.2) is 0 Å². The van der Waals surface area contributed by atoms with Gasteiger partial charge in [-0.05, 0) is 44.2 Å². The number of fused-ring (bicyclic) bond motifs is 1. The summed E-state index contributed by atoms with van der Waals surface area (Å²) in [4.78, 5) is 19.8. The molecule has 0 saturated carbocycles. The van der Waals surface area contributed by atoms with E-state index < -0.39 is 0 Å². The topological polar surface area (TPSA) is 84.3 Å². The molecule has 2 N–H and O–H groups in total. The van der Waals surface area contributed by atoms with Gasteiger partial charge >= 0.3 is 5.97 Å². The molecule has 146 valence electrons. The van der Waals surface area contributed by atoms with Crippen molar-refractivity contribution in [3.8, 4) is 5.69 Å². The van der Waals surface area contributed by atoms with Crippen molar-refractivity contribution in [3.05, 3.63) is 77.1 Å². The summed E-state index contributed by atoms with van der Waals surface area (Å²) in [5.41, 5.74) is 8.95. The van der Waals surface area contributed by atoms with Gasteiger partial charge in [-0.15, -0.1) is 0 Å². The largest absolute Gasteiger partial charge is 0.465 e. The molecule has 29 heavy (non-hydrogen) atoms. The van der Waals surface area contributed by atoms with Gasteiger partial charge in [-0.2, -0.15) is 5.10 Å². The van der Waals surface area contributed by atoms with Gasteiger partial charge < -0.3 is 14.3 Å². The van der Waals surface area contributed by atoms with E-state index in [4.69, 9.17) is 4.74 Å². The highest BCUT2D eigenvalue weighted by molar-refractivity contribution is 5.94. The van der Waals surface area contributed by atoms with Crippen LogP contribution in [0, 0.1) is 13.8 Å². The van der Waals surface area contributed by atoms with Crippen molar-refractivity contribution in [3.63, 3.8) is 0 Å². The lowest BCUT2D eigenvalue weighted by molar-refractivity contribution is 0.0600. The number of aromatic nitrogens is 3. The normalized spacial score (nSPS) is 11.3. The number of hydrogen-bond acceptors (Lipinski definition) is 5. The third-order valence-electron chi connectivity index (χ3n) is 4.78. The molecule has 7 heteroatoms. The van der Waals surface area contributed by atoms with Crippen LogP contribution in [-0.2, 0) is 4.74 Å². The maximum atomic E-state index is 12.2. The van der Waals surface area contributed by atoms with Gasteiger partial charge in [0, 0.05) is 17.0 Å². The van der Waals surface area contributed by atoms with E-state index in [-0.39, 0.29) is 5.97 Å². The van der Waals surface area contributed by atoms with Crippen LogP contribution < -0.4 is 5.43 Å². The van der Waals surface area contributed by atoms with E-state index in [2.05, 4.69) is 20.5 Å². The third-order valence-corrected chi connectivity index (χ3v) is 4.78. The van der Waals surface area contributed by atoms with E-state index in [0.717, 1.165) is 33.7 Å². The Balaban J connectivity index is 1.62. The zero-order valence-electron chi connectivity index (χ0n) is 16.4. The minimum atomic E-state index is -0.366. The molecule has 0 unspecified atom stereocenters. The number of aryl methyl sites for hydroxylation is 1. The number of benzene rings is 2. The van der Waals surface area contributed by atoms with Crippen LogP contribution in [0.4, 0.5) is 5.95 Å². The Morgan fingerprint density at radius 1 is 1.17 bits per heavy atom. The smallest absolute Gasteiger partial charge is 0.339 e. The molecule has 0 aliphatic heterocycles. The number of esters is 1. The fourth-order valence-corrected chi connectivity index (χ4v) is 3.41. The summed E-state index contributed by atoms with van der Waals surface area (Å²) in [6.07, 6.45) is 1.74. The van der Waals surface area contributed by atoms with Crippen LogP contribution in [0.15, 0.2) is 59.7 Å². The average molecular weight is 387 g/mol. The van der Waals surface area contributed by atoms with E-state index in [1.165, 1.54) is 7.11 Å². The van der Waals surface area contributed by atoms with Crippen LogP contribution in [-0.4, -0.2) is 33.8 Å². The Morgan fingerprint density at radius 2 is 1.93 bits per heavy atom. The number of imidazole rings is 1. The molecule has 2 aromatic heterocycles. The summed E-state index contributed by atoms with van der Waals surface area (Å²) < 4.78 is 6.95. The quantitative estimate of drug-likeness (QED) is 0.305. The number of H-pyrrole nitrogens is 1. The first kappa shape index (κ1) is 18.5. The summed E-state index contributed by atoms with van der Waals surface area (Å²) in [5, 5.41) is 4.32. The number of ether oxygens (including phenoxy) is 1. The molecule has 0 radical (unpaired) electrons. The lowest BCUT2D eigenvalue weighted by atomic mass is 10.1. The van der Waals surface area contributed by atoms with Crippen LogP contribution in [0.5, 0.6) is 0 Å². The van der Waals surface area contributed by atoms with Gasteiger partial charge in [-0.1, -0.05) is 24.3 Å². The SMILES string of the molecule is COC(=O)c1ccccc1-n1c(C)cc(/C=N\Nc2nc3ccccc3[nH]2)c1C. The molecule has 2 aromatic carbocycles. The Bertz CT molecular complexity index is 1190. The van der Waals surface area contributed by atoms with Gasteiger partial charge in [0.1, 0.15) is 0 Å². The second-order valence-corrected chi connectivity index (χ2v) is 6.64. The lowest BCUT2D eigenvalue weighted by Gasteiger charge is -2.13. The molecule has 4 aromatic rings. The molecule has 0 fully saturated rings. The van der Waals surface area contributed by atoms with E-state index in [0.29, 0.717) is 11.5 Å². The first-order chi connectivity index (χ1) is 14.1. The summed E-state index contributed by atoms with van der Waals surface area (Å²) in [6.45, 7) is 3.98. The van der Waals surface area contributed by atoms with Gasteiger partial charge in [-0.25, -0.2) is 15.2 Å². The number of hydrazone groups is 1. The number of hydrogen-bond donors (Lipinski definition) is 2. The fourth-order valence-electron chi connectivity index (χ4n) is 3.41. The molecule has 0 aliphatic carbocycles. The number of carbonyl (C=O) groups excluding carboxylic acids is 1. The first-order valence-electron chi connectivity index (χ1n) is 9.19. The predicted octanol–water partition coefficient (Wildman–Crippen LogP) is 4.20. The highest BCUT2D eigenvalue weighted by Gasteiger charge is 2.16.